The lowest BCUT2D eigenvalue weighted by atomic mass is 10.0. The molecule has 1 aliphatic rings. The van der Waals surface area contributed by atoms with Crippen LogP contribution in [-0.4, -0.2) is 17.1 Å². The molecule has 0 aliphatic heterocycles. The maximum atomic E-state index is 6.19. The molecule has 0 atom stereocenters. The van der Waals surface area contributed by atoms with Crippen molar-refractivity contribution >= 4 is 11.3 Å². The summed E-state index contributed by atoms with van der Waals surface area (Å²) < 4.78 is 5.64. The van der Waals surface area contributed by atoms with Crippen molar-refractivity contribution < 1.29 is 4.74 Å². The third-order valence-electron chi connectivity index (χ3n) is 2.91. The maximum Gasteiger partial charge on any atom is 0.0898 e. The van der Waals surface area contributed by atoms with Crippen LogP contribution in [0.5, 0.6) is 0 Å². The van der Waals surface area contributed by atoms with Gasteiger partial charge < -0.3 is 10.5 Å². The summed E-state index contributed by atoms with van der Waals surface area (Å²) in [5, 5.41) is 3.14. The lowest BCUT2D eigenvalue weighted by molar-refractivity contribution is 0.0734. The van der Waals surface area contributed by atoms with Crippen LogP contribution in [0.4, 0.5) is 0 Å². The van der Waals surface area contributed by atoms with Gasteiger partial charge in [0.15, 0.2) is 0 Å². The standard InChI is InChI=1S/C11H18N2OS/c1-9-13-10(7-15-9)6-14-8-11(12)4-2-3-5-11/h7H,2-6,8,12H2,1H3. The van der Waals surface area contributed by atoms with Gasteiger partial charge in [0, 0.05) is 10.9 Å². The first-order valence-electron chi connectivity index (χ1n) is 5.46. The van der Waals surface area contributed by atoms with Crippen LogP contribution in [0.2, 0.25) is 0 Å². The molecule has 0 bridgehead atoms. The first-order chi connectivity index (χ1) is 7.18. The molecule has 15 heavy (non-hydrogen) atoms. The van der Waals surface area contributed by atoms with E-state index in [1.165, 1.54) is 12.8 Å². The topological polar surface area (TPSA) is 48.1 Å². The van der Waals surface area contributed by atoms with Crippen molar-refractivity contribution in [3.8, 4) is 0 Å². The van der Waals surface area contributed by atoms with Crippen LogP contribution in [0.1, 0.15) is 36.4 Å². The van der Waals surface area contributed by atoms with E-state index in [1.807, 2.05) is 12.3 Å². The largest absolute Gasteiger partial charge is 0.373 e. The smallest absolute Gasteiger partial charge is 0.0898 e. The molecule has 0 radical (unpaired) electrons. The van der Waals surface area contributed by atoms with Gasteiger partial charge in [-0.3, -0.25) is 0 Å². The van der Waals surface area contributed by atoms with Crippen LogP contribution in [0, 0.1) is 6.92 Å². The van der Waals surface area contributed by atoms with Crippen molar-refractivity contribution in [2.75, 3.05) is 6.61 Å². The van der Waals surface area contributed by atoms with Crippen LogP contribution >= 0.6 is 11.3 Å². The Hall–Kier alpha value is -0.450. The predicted octanol–water partition coefficient (Wildman–Crippen LogP) is 2.24. The first kappa shape index (κ1) is 11.0. The molecule has 1 aliphatic carbocycles. The molecule has 3 nitrogen and oxygen atoms in total. The molecule has 1 aromatic rings. The fourth-order valence-corrected chi connectivity index (χ4v) is 2.65. The minimum Gasteiger partial charge on any atom is -0.373 e. The second-order valence-corrected chi connectivity index (χ2v) is 5.48. The molecule has 1 saturated carbocycles. The van der Waals surface area contributed by atoms with E-state index >= 15 is 0 Å². The Balaban J connectivity index is 1.75. The van der Waals surface area contributed by atoms with Crippen LogP contribution in [0.25, 0.3) is 0 Å². The van der Waals surface area contributed by atoms with E-state index in [0.717, 1.165) is 23.5 Å². The van der Waals surface area contributed by atoms with Crippen molar-refractivity contribution in [2.45, 2.75) is 44.8 Å². The van der Waals surface area contributed by atoms with Gasteiger partial charge in [-0.15, -0.1) is 11.3 Å². The van der Waals surface area contributed by atoms with E-state index in [0.29, 0.717) is 13.2 Å². The summed E-state index contributed by atoms with van der Waals surface area (Å²) in [6.45, 7) is 3.28. The number of nitrogens with two attached hydrogens (primary N) is 1. The third kappa shape index (κ3) is 3.00. The van der Waals surface area contributed by atoms with Crippen LogP contribution in [0.15, 0.2) is 5.38 Å². The number of aromatic nitrogens is 1. The van der Waals surface area contributed by atoms with E-state index in [-0.39, 0.29) is 5.54 Å². The molecule has 0 saturated heterocycles. The molecular weight excluding hydrogens is 208 g/mol. The average Bonchev–Trinajstić information content (AvgIpc) is 2.76. The molecule has 84 valence electrons. The maximum absolute atomic E-state index is 6.19. The molecule has 0 spiro atoms. The summed E-state index contributed by atoms with van der Waals surface area (Å²) in [5.41, 5.74) is 7.15. The summed E-state index contributed by atoms with van der Waals surface area (Å²) in [6.07, 6.45) is 4.69. The Bertz CT molecular complexity index is 318. The van der Waals surface area contributed by atoms with Crippen molar-refractivity contribution in [1.29, 1.82) is 0 Å². The number of hydrogen-bond acceptors (Lipinski definition) is 4. The van der Waals surface area contributed by atoms with Gasteiger partial charge in [0.05, 0.1) is 23.9 Å². The van der Waals surface area contributed by atoms with Gasteiger partial charge in [-0.05, 0) is 19.8 Å². The van der Waals surface area contributed by atoms with Crippen LogP contribution < -0.4 is 5.73 Å². The number of nitrogens with zero attached hydrogens (tertiary/aromatic N) is 1. The second-order valence-electron chi connectivity index (χ2n) is 4.42. The molecular formula is C11H18N2OS. The Kier molecular flexibility index (Phi) is 3.38. The number of rotatable bonds is 4. The summed E-state index contributed by atoms with van der Waals surface area (Å²) in [5.74, 6) is 0. The van der Waals surface area contributed by atoms with Gasteiger partial charge in [0.25, 0.3) is 0 Å². The van der Waals surface area contributed by atoms with E-state index in [4.69, 9.17) is 10.5 Å². The summed E-state index contributed by atoms with van der Waals surface area (Å²) in [4.78, 5) is 4.35. The number of hydrogen-bond donors (Lipinski definition) is 1. The van der Waals surface area contributed by atoms with Crippen molar-refractivity contribution in [2.24, 2.45) is 5.73 Å². The first-order valence-corrected chi connectivity index (χ1v) is 6.34. The van der Waals surface area contributed by atoms with Crippen molar-refractivity contribution in [1.82, 2.24) is 4.98 Å². The summed E-state index contributed by atoms with van der Waals surface area (Å²) in [7, 11) is 0. The lowest BCUT2D eigenvalue weighted by Crippen LogP contribution is -2.41. The monoisotopic (exact) mass is 226 g/mol. The second kappa shape index (κ2) is 4.60. The highest BCUT2D eigenvalue weighted by atomic mass is 32.1. The van der Waals surface area contributed by atoms with Gasteiger partial charge in [0.1, 0.15) is 0 Å². The lowest BCUT2D eigenvalue weighted by Gasteiger charge is -2.22. The predicted molar refractivity (Wildman–Crippen MR) is 61.9 cm³/mol. The summed E-state index contributed by atoms with van der Waals surface area (Å²) >= 11 is 1.66. The van der Waals surface area contributed by atoms with Crippen LogP contribution in [0.3, 0.4) is 0 Å². The SMILES string of the molecule is Cc1nc(COCC2(N)CCCC2)cs1. The zero-order valence-corrected chi connectivity index (χ0v) is 9.98. The van der Waals surface area contributed by atoms with Gasteiger partial charge in [-0.25, -0.2) is 4.98 Å². The van der Waals surface area contributed by atoms with E-state index in [9.17, 15) is 0 Å². The fraction of sp³-hybridized carbons (Fsp3) is 0.727. The fourth-order valence-electron chi connectivity index (χ4n) is 2.06. The quantitative estimate of drug-likeness (QED) is 0.856. The Labute approximate surface area is 94.7 Å². The highest BCUT2D eigenvalue weighted by Crippen LogP contribution is 2.27. The molecule has 1 aromatic heterocycles. The number of thiazole rings is 1. The van der Waals surface area contributed by atoms with Crippen molar-refractivity contribution in [3.63, 3.8) is 0 Å². The number of aryl methyl sites for hydroxylation is 1. The van der Waals surface area contributed by atoms with Gasteiger partial charge >= 0.3 is 0 Å². The molecule has 2 N–H and O–H groups in total. The zero-order valence-electron chi connectivity index (χ0n) is 9.16. The summed E-state index contributed by atoms with van der Waals surface area (Å²) in [6, 6.07) is 0. The molecule has 4 heteroatoms. The van der Waals surface area contributed by atoms with E-state index < -0.39 is 0 Å². The molecule has 2 rings (SSSR count). The van der Waals surface area contributed by atoms with Gasteiger partial charge in [-0.2, -0.15) is 0 Å². The molecule has 0 aromatic carbocycles. The number of ether oxygens (including phenoxy) is 1. The van der Waals surface area contributed by atoms with Gasteiger partial charge in [-0.1, -0.05) is 12.8 Å². The third-order valence-corrected chi connectivity index (χ3v) is 3.73. The molecule has 1 fully saturated rings. The van der Waals surface area contributed by atoms with Gasteiger partial charge in [0.2, 0.25) is 0 Å². The van der Waals surface area contributed by atoms with Crippen molar-refractivity contribution in [3.05, 3.63) is 16.1 Å². The Morgan fingerprint density at radius 2 is 2.27 bits per heavy atom. The zero-order chi connectivity index (χ0) is 10.7. The molecule has 0 unspecified atom stereocenters. The normalized spacial score (nSPS) is 19.6. The van der Waals surface area contributed by atoms with E-state index in [1.54, 1.807) is 11.3 Å². The minimum atomic E-state index is -0.0644. The average molecular weight is 226 g/mol. The molecule has 1 heterocycles. The van der Waals surface area contributed by atoms with E-state index in [2.05, 4.69) is 4.98 Å². The highest BCUT2D eigenvalue weighted by molar-refractivity contribution is 7.09. The highest BCUT2D eigenvalue weighted by Gasteiger charge is 2.29. The Morgan fingerprint density at radius 1 is 1.53 bits per heavy atom. The minimum absolute atomic E-state index is 0.0644. The Morgan fingerprint density at radius 3 is 2.87 bits per heavy atom. The molecule has 0 amide bonds. The van der Waals surface area contributed by atoms with Crippen LogP contribution in [-0.2, 0) is 11.3 Å².